The molecule has 176 valence electrons. The predicted octanol–water partition coefficient (Wildman–Crippen LogP) is 4.80. The van der Waals surface area contributed by atoms with E-state index in [2.05, 4.69) is 15.4 Å². The summed E-state index contributed by atoms with van der Waals surface area (Å²) in [7, 11) is -3.59. The van der Waals surface area contributed by atoms with Crippen molar-refractivity contribution in [2.24, 2.45) is 0 Å². The van der Waals surface area contributed by atoms with E-state index in [-0.39, 0.29) is 22.8 Å². The molecule has 4 rings (SSSR count). The Bertz CT molecular complexity index is 1240. The Morgan fingerprint density at radius 3 is 1.71 bits per heavy atom. The van der Waals surface area contributed by atoms with Crippen molar-refractivity contribution in [3.05, 3.63) is 90.0 Å². The van der Waals surface area contributed by atoms with Gasteiger partial charge in [0.05, 0.1) is 4.90 Å². The second kappa shape index (κ2) is 10.6. The van der Waals surface area contributed by atoms with Gasteiger partial charge in [-0.05, 0) is 73.5 Å². The molecule has 0 spiro atoms. The van der Waals surface area contributed by atoms with Crippen LogP contribution >= 0.6 is 0 Å². The fourth-order valence-electron chi connectivity index (χ4n) is 3.93. The number of hydrogen-bond acceptors (Lipinski definition) is 4. The molecule has 3 aromatic rings. The molecule has 0 aliphatic heterocycles. The van der Waals surface area contributed by atoms with E-state index in [9.17, 15) is 18.0 Å². The van der Waals surface area contributed by atoms with Crippen LogP contribution in [0.5, 0.6) is 0 Å². The number of anilines is 2. The summed E-state index contributed by atoms with van der Waals surface area (Å²) in [5.74, 6) is -0.567. The summed E-state index contributed by atoms with van der Waals surface area (Å²) >= 11 is 0. The Morgan fingerprint density at radius 2 is 1.15 bits per heavy atom. The van der Waals surface area contributed by atoms with Gasteiger partial charge in [0.2, 0.25) is 10.0 Å². The summed E-state index contributed by atoms with van der Waals surface area (Å²) in [5.41, 5.74) is 2.02. The number of carbonyl (C=O) groups excluding carboxylic acids is 2. The molecule has 0 atom stereocenters. The second-order valence-electron chi connectivity index (χ2n) is 8.33. The highest BCUT2D eigenvalue weighted by Gasteiger charge is 2.21. The molecular weight excluding hydrogens is 450 g/mol. The molecule has 3 N–H and O–H groups in total. The van der Waals surface area contributed by atoms with E-state index in [1.807, 2.05) is 6.07 Å². The van der Waals surface area contributed by atoms with Gasteiger partial charge in [-0.1, -0.05) is 37.5 Å². The summed E-state index contributed by atoms with van der Waals surface area (Å²) in [4.78, 5) is 25.0. The number of rotatable bonds is 7. The van der Waals surface area contributed by atoms with Gasteiger partial charge >= 0.3 is 0 Å². The molecule has 0 unspecified atom stereocenters. The molecule has 3 aromatic carbocycles. The van der Waals surface area contributed by atoms with Crippen molar-refractivity contribution in [2.75, 3.05) is 10.6 Å². The first-order valence-corrected chi connectivity index (χ1v) is 12.8. The van der Waals surface area contributed by atoms with Gasteiger partial charge in [0.15, 0.2) is 0 Å². The van der Waals surface area contributed by atoms with Gasteiger partial charge in [-0.2, -0.15) is 0 Å². The van der Waals surface area contributed by atoms with Gasteiger partial charge in [-0.15, -0.1) is 0 Å². The van der Waals surface area contributed by atoms with E-state index in [0.29, 0.717) is 22.5 Å². The minimum atomic E-state index is -3.59. The molecule has 1 aliphatic rings. The van der Waals surface area contributed by atoms with Crippen molar-refractivity contribution in [3.63, 3.8) is 0 Å². The maximum absolute atomic E-state index is 12.6. The third-order valence-corrected chi connectivity index (χ3v) is 7.33. The fraction of sp³-hybridized carbons (Fsp3) is 0.231. The minimum Gasteiger partial charge on any atom is -0.322 e. The Morgan fingerprint density at radius 1 is 0.647 bits per heavy atom. The summed E-state index contributed by atoms with van der Waals surface area (Å²) in [6, 6.07) is 21.5. The zero-order valence-corrected chi connectivity index (χ0v) is 19.5. The molecule has 0 heterocycles. The van der Waals surface area contributed by atoms with Crippen LogP contribution in [0.25, 0.3) is 0 Å². The monoisotopic (exact) mass is 477 g/mol. The van der Waals surface area contributed by atoms with Gasteiger partial charge < -0.3 is 10.6 Å². The maximum atomic E-state index is 12.6. The highest BCUT2D eigenvalue weighted by Crippen LogP contribution is 2.21. The van der Waals surface area contributed by atoms with Crippen molar-refractivity contribution in [1.82, 2.24) is 4.72 Å². The lowest BCUT2D eigenvalue weighted by molar-refractivity contribution is 0.102. The summed E-state index contributed by atoms with van der Waals surface area (Å²) < 4.78 is 28.0. The first kappa shape index (κ1) is 23.7. The lowest BCUT2D eigenvalue weighted by Gasteiger charge is -2.22. The van der Waals surface area contributed by atoms with Crippen LogP contribution in [-0.4, -0.2) is 26.3 Å². The number of hydrogen-bond donors (Lipinski definition) is 3. The minimum absolute atomic E-state index is 0.0152. The Hall–Kier alpha value is -3.49. The molecule has 7 nitrogen and oxygen atoms in total. The number of benzene rings is 3. The third kappa shape index (κ3) is 6.09. The smallest absolute Gasteiger partial charge is 0.255 e. The molecule has 1 fully saturated rings. The average molecular weight is 478 g/mol. The predicted molar refractivity (Wildman–Crippen MR) is 132 cm³/mol. The van der Waals surface area contributed by atoms with Crippen molar-refractivity contribution in [2.45, 2.75) is 43.0 Å². The van der Waals surface area contributed by atoms with Crippen LogP contribution in [0.1, 0.15) is 52.8 Å². The lowest BCUT2D eigenvalue weighted by atomic mass is 9.96. The SMILES string of the molecule is O=C(Nc1ccc(C(=O)Nc2ccc(S(=O)(=O)NC3CCCCC3)cc2)cc1)c1ccccc1. The molecule has 0 aromatic heterocycles. The highest BCUT2D eigenvalue weighted by atomic mass is 32.2. The van der Waals surface area contributed by atoms with Crippen LogP contribution in [0.4, 0.5) is 11.4 Å². The van der Waals surface area contributed by atoms with Crippen LogP contribution in [0.3, 0.4) is 0 Å². The average Bonchev–Trinajstić information content (AvgIpc) is 2.85. The van der Waals surface area contributed by atoms with Gasteiger partial charge in [0.25, 0.3) is 11.8 Å². The van der Waals surface area contributed by atoms with Crippen LogP contribution in [0.15, 0.2) is 83.8 Å². The molecular formula is C26H27N3O4S. The Balaban J connectivity index is 1.34. The van der Waals surface area contributed by atoms with Crippen LogP contribution < -0.4 is 15.4 Å². The van der Waals surface area contributed by atoms with Gasteiger partial charge in [0, 0.05) is 28.5 Å². The molecule has 1 aliphatic carbocycles. The van der Waals surface area contributed by atoms with E-state index < -0.39 is 10.0 Å². The number of carbonyl (C=O) groups is 2. The molecule has 0 bridgehead atoms. The molecule has 0 radical (unpaired) electrons. The van der Waals surface area contributed by atoms with Crippen LogP contribution in [0, 0.1) is 0 Å². The summed E-state index contributed by atoms with van der Waals surface area (Å²) in [5, 5.41) is 5.55. The quantitative estimate of drug-likeness (QED) is 0.455. The second-order valence-corrected chi connectivity index (χ2v) is 10.0. The molecule has 8 heteroatoms. The highest BCUT2D eigenvalue weighted by molar-refractivity contribution is 7.89. The standard InChI is InChI=1S/C26H27N3O4S/c30-25(19-7-3-1-4-8-19)27-21-13-11-20(12-14-21)26(31)28-22-15-17-24(18-16-22)34(32,33)29-23-9-5-2-6-10-23/h1,3-4,7-8,11-18,23,29H,2,5-6,9-10H2,(H,27,30)(H,28,31). The number of sulfonamides is 1. The zero-order valence-electron chi connectivity index (χ0n) is 18.7. The summed E-state index contributed by atoms with van der Waals surface area (Å²) in [6.45, 7) is 0. The topological polar surface area (TPSA) is 104 Å². The molecule has 34 heavy (non-hydrogen) atoms. The van der Waals surface area contributed by atoms with Crippen LogP contribution in [0.2, 0.25) is 0 Å². The van der Waals surface area contributed by atoms with Gasteiger partial charge in [-0.3, -0.25) is 9.59 Å². The Labute approximate surface area is 199 Å². The lowest BCUT2D eigenvalue weighted by Crippen LogP contribution is -2.36. The van der Waals surface area contributed by atoms with E-state index in [4.69, 9.17) is 0 Å². The van der Waals surface area contributed by atoms with Crippen molar-refractivity contribution in [1.29, 1.82) is 0 Å². The third-order valence-electron chi connectivity index (χ3n) is 5.79. The van der Waals surface area contributed by atoms with Crippen molar-refractivity contribution < 1.29 is 18.0 Å². The molecule has 1 saturated carbocycles. The van der Waals surface area contributed by atoms with E-state index in [1.54, 1.807) is 60.7 Å². The molecule has 2 amide bonds. The maximum Gasteiger partial charge on any atom is 0.255 e. The normalized spacial score (nSPS) is 14.4. The van der Waals surface area contributed by atoms with E-state index in [0.717, 1.165) is 32.1 Å². The van der Waals surface area contributed by atoms with Crippen LogP contribution in [-0.2, 0) is 10.0 Å². The zero-order chi connectivity index (χ0) is 24.0. The summed E-state index contributed by atoms with van der Waals surface area (Å²) in [6.07, 6.45) is 4.96. The van der Waals surface area contributed by atoms with Gasteiger partial charge in [-0.25, -0.2) is 13.1 Å². The van der Waals surface area contributed by atoms with Crippen molar-refractivity contribution in [3.8, 4) is 0 Å². The Kier molecular flexibility index (Phi) is 7.40. The fourth-order valence-corrected chi connectivity index (χ4v) is 5.23. The first-order chi connectivity index (χ1) is 16.4. The van der Waals surface area contributed by atoms with E-state index >= 15 is 0 Å². The largest absolute Gasteiger partial charge is 0.322 e. The van der Waals surface area contributed by atoms with E-state index in [1.165, 1.54) is 12.1 Å². The number of nitrogens with one attached hydrogen (secondary N) is 3. The van der Waals surface area contributed by atoms with Gasteiger partial charge in [0.1, 0.15) is 0 Å². The first-order valence-electron chi connectivity index (χ1n) is 11.3. The number of amides is 2. The van der Waals surface area contributed by atoms with Crippen molar-refractivity contribution >= 4 is 33.2 Å². The molecule has 0 saturated heterocycles.